The third-order valence-corrected chi connectivity index (χ3v) is 2.72. The van der Waals surface area contributed by atoms with Gasteiger partial charge in [-0.25, -0.2) is 0 Å². The average molecular weight is 134 g/mol. The summed E-state index contributed by atoms with van der Waals surface area (Å²) in [6, 6.07) is 0. The Hall–Kier alpha value is 0.270. The maximum Gasteiger partial charge on any atom is 0.0688 e. The fourth-order valence-corrected chi connectivity index (χ4v) is 1.96. The topological polar surface area (TPSA) is 40.5 Å². The van der Waals surface area contributed by atoms with Gasteiger partial charge < -0.3 is 10.2 Å². The van der Waals surface area contributed by atoms with Crippen molar-refractivity contribution in [2.45, 2.75) is 17.8 Å². The Balaban J connectivity index is 2.30. The molecule has 0 amide bonds. The molecule has 1 rings (SSSR count). The standard InChI is InChI=1S/C5H10O2S/c6-3-5-4(7)1-2-8-5/h4-7H,1-3H2/t4-,5-/m0/s1. The van der Waals surface area contributed by atoms with Crippen LogP contribution >= 0.6 is 11.8 Å². The highest BCUT2D eigenvalue weighted by molar-refractivity contribution is 8.00. The molecule has 1 fully saturated rings. The number of hydrogen-bond donors (Lipinski definition) is 2. The van der Waals surface area contributed by atoms with Gasteiger partial charge in [0.25, 0.3) is 0 Å². The van der Waals surface area contributed by atoms with Crippen molar-refractivity contribution in [3.63, 3.8) is 0 Å². The van der Waals surface area contributed by atoms with E-state index in [2.05, 4.69) is 0 Å². The van der Waals surface area contributed by atoms with E-state index in [1.807, 2.05) is 0 Å². The quantitative estimate of drug-likeness (QED) is 0.524. The van der Waals surface area contributed by atoms with Crippen molar-refractivity contribution >= 4 is 11.8 Å². The highest BCUT2D eigenvalue weighted by atomic mass is 32.2. The van der Waals surface area contributed by atoms with E-state index in [0.29, 0.717) is 0 Å². The summed E-state index contributed by atoms with van der Waals surface area (Å²) < 4.78 is 0. The van der Waals surface area contributed by atoms with Crippen molar-refractivity contribution in [3.8, 4) is 0 Å². The number of thioether (sulfide) groups is 1. The molecule has 0 unspecified atom stereocenters. The van der Waals surface area contributed by atoms with Crippen LogP contribution in [0.4, 0.5) is 0 Å². The Morgan fingerprint density at radius 1 is 1.62 bits per heavy atom. The van der Waals surface area contributed by atoms with Crippen molar-refractivity contribution in [2.24, 2.45) is 0 Å². The SMILES string of the molecule is OC[C@@H]1SCC[C@@H]1O. The summed E-state index contributed by atoms with van der Waals surface area (Å²) in [5.41, 5.74) is 0. The Labute approximate surface area is 52.9 Å². The molecule has 1 saturated heterocycles. The first-order valence-corrected chi connectivity index (χ1v) is 3.80. The molecule has 1 aliphatic heterocycles. The fourth-order valence-electron chi connectivity index (χ4n) is 0.812. The highest BCUT2D eigenvalue weighted by Crippen LogP contribution is 2.25. The minimum Gasteiger partial charge on any atom is -0.395 e. The van der Waals surface area contributed by atoms with Gasteiger partial charge in [-0.15, -0.1) is 0 Å². The lowest BCUT2D eigenvalue weighted by molar-refractivity contribution is 0.145. The molecule has 2 N–H and O–H groups in total. The molecular weight excluding hydrogens is 124 g/mol. The number of rotatable bonds is 1. The van der Waals surface area contributed by atoms with Crippen molar-refractivity contribution in [3.05, 3.63) is 0 Å². The van der Waals surface area contributed by atoms with Gasteiger partial charge in [-0.3, -0.25) is 0 Å². The highest BCUT2D eigenvalue weighted by Gasteiger charge is 2.24. The Morgan fingerprint density at radius 2 is 2.38 bits per heavy atom. The van der Waals surface area contributed by atoms with Crippen LogP contribution in [0, 0.1) is 0 Å². The molecule has 0 aromatic carbocycles. The summed E-state index contributed by atoms with van der Waals surface area (Å²) in [5, 5.41) is 17.7. The second-order valence-corrected chi connectivity index (χ2v) is 3.29. The number of aliphatic hydroxyl groups is 2. The van der Waals surface area contributed by atoms with E-state index < -0.39 is 0 Å². The van der Waals surface area contributed by atoms with Crippen LogP contribution in [0.1, 0.15) is 6.42 Å². The summed E-state index contributed by atoms with van der Waals surface area (Å²) in [6.07, 6.45) is 0.584. The molecule has 3 heteroatoms. The lowest BCUT2D eigenvalue weighted by Gasteiger charge is -2.07. The molecule has 1 heterocycles. The van der Waals surface area contributed by atoms with Gasteiger partial charge in [0.15, 0.2) is 0 Å². The van der Waals surface area contributed by atoms with Gasteiger partial charge >= 0.3 is 0 Å². The fraction of sp³-hybridized carbons (Fsp3) is 1.00. The van der Waals surface area contributed by atoms with E-state index in [0.717, 1.165) is 12.2 Å². The lowest BCUT2D eigenvalue weighted by atomic mass is 10.2. The van der Waals surface area contributed by atoms with Gasteiger partial charge in [0.2, 0.25) is 0 Å². The van der Waals surface area contributed by atoms with Crippen molar-refractivity contribution in [1.29, 1.82) is 0 Å². The van der Waals surface area contributed by atoms with Gasteiger partial charge in [-0.1, -0.05) is 0 Å². The lowest BCUT2D eigenvalue weighted by Crippen LogP contribution is -2.20. The smallest absolute Gasteiger partial charge is 0.0688 e. The first-order chi connectivity index (χ1) is 3.84. The predicted molar refractivity (Wildman–Crippen MR) is 34.0 cm³/mol. The van der Waals surface area contributed by atoms with Crippen LogP contribution in [0.15, 0.2) is 0 Å². The summed E-state index contributed by atoms with van der Waals surface area (Å²) in [7, 11) is 0. The van der Waals surface area contributed by atoms with E-state index in [-0.39, 0.29) is 18.0 Å². The van der Waals surface area contributed by atoms with E-state index in [4.69, 9.17) is 10.2 Å². The second-order valence-electron chi connectivity index (χ2n) is 1.95. The first-order valence-electron chi connectivity index (χ1n) is 2.75. The number of aliphatic hydroxyl groups excluding tert-OH is 2. The largest absolute Gasteiger partial charge is 0.395 e. The molecule has 48 valence electrons. The molecule has 0 aromatic heterocycles. The summed E-state index contributed by atoms with van der Waals surface area (Å²) in [6.45, 7) is 0.117. The van der Waals surface area contributed by atoms with E-state index in [9.17, 15) is 0 Å². The first kappa shape index (κ1) is 6.39. The summed E-state index contributed by atoms with van der Waals surface area (Å²) in [5.74, 6) is 0.992. The molecule has 0 aliphatic carbocycles. The van der Waals surface area contributed by atoms with E-state index >= 15 is 0 Å². The normalized spacial score (nSPS) is 38.2. The van der Waals surface area contributed by atoms with Crippen molar-refractivity contribution in [1.82, 2.24) is 0 Å². The molecule has 0 saturated carbocycles. The van der Waals surface area contributed by atoms with Crippen LogP contribution in [0.3, 0.4) is 0 Å². The van der Waals surface area contributed by atoms with Gasteiger partial charge in [0.05, 0.1) is 18.0 Å². The molecule has 2 atom stereocenters. The average Bonchev–Trinajstić information content (AvgIpc) is 2.14. The van der Waals surface area contributed by atoms with Crippen LogP contribution in [0.5, 0.6) is 0 Å². The zero-order valence-corrected chi connectivity index (χ0v) is 5.40. The van der Waals surface area contributed by atoms with Crippen LogP contribution in [-0.2, 0) is 0 Å². The minimum atomic E-state index is -0.259. The van der Waals surface area contributed by atoms with E-state index in [1.165, 1.54) is 0 Å². The number of hydrogen-bond acceptors (Lipinski definition) is 3. The predicted octanol–water partition coefficient (Wildman–Crippen LogP) is -0.155. The minimum absolute atomic E-state index is 0.0926. The third-order valence-electron chi connectivity index (χ3n) is 1.35. The Kier molecular flexibility index (Phi) is 2.16. The summed E-state index contributed by atoms with van der Waals surface area (Å²) in [4.78, 5) is 0. The maximum absolute atomic E-state index is 9.01. The molecule has 0 aromatic rings. The van der Waals surface area contributed by atoms with Gasteiger partial charge in [-0.2, -0.15) is 11.8 Å². The monoisotopic (exact) mass is 134 g/mol. The van der Waals surface area contributed by atoms with Gasteiger partial charge in [-0.05, 0) is 12.2 Å². The van der Waals surface area contributed by atoms with Gasteiger partial charge in [0.1, 0.15) is 0 Å². The van der Waals surface area contributed by atoms with Crippen LogP contribution in [0.25, 0.3) is 0 Å². The third kappa shape index (κ3) is 1.16. The molecule has 1 aliphatic rings. The van der Waals surface area contributed by atoms with Gasteiger partial charge in [0, 0.05) is 0 Å². The molecule has 0 bridgehead atoms. The van der Waals surface area contributed by atoms with E-state index in [1.54, 1.807) is 11.8 Å². The maximum atomic E-state index is 9.01. The molecule has 0 radical (unpaired) electrons. The van der Waals surface area contributed by atoms with Crippen LogP contribution in [0.2, 0.25) is 0 Å². The molecule has 2 nitrogen and oxygen atoms in total. The Bertz CT molecular complexity index is 76.8. The van der Waals surface area contributed by atoms with Crippen LogP contribution in [-0.4, -0.2) is 33.9 Å². The van der Waals surface area contributed by atoms with Crippen LogP contribution < -0.4 is 0 Å². The van der Waals surface area contributed by atoms with Crippen molar-refractivity contribution < 1.29 is 10.2 Å². The second kappa shape index (κ2) is 2.71. The molecule has 8 heavy (non-hydrogen) atoms. The molecule has 0 spiro atoms. The zero-order chi connectivity index (χ0) is 5.98. The zero-order valence-electron chi connectivity index (χ0n) is 4.58. The summed E-state index contributed by atoms with van der Waals surface area (Å²) >= 11 is 1.65. The van der Waals surface area contributed by atoms with Crippen molar-refractivity contribution in [2.75, 3.05) is 12.4 Å². The molecular formula is C5H10O2S. The Morgan fingerprint density at radius 3 is 2.62 bits per heavy atom.